The smallest absolute Gasteiger partial charge is 0.159 e. The Balaban J connectivity index is 0.000000336. The number of rotatable bonds is 1. The topological polar surface area (TPSA) is 124 Å². The molecule has 0 radical (unpaired) electrons. The summed E-state index contributed by atoms with van der Waals surface area (Å²) in [6.45, 7) is 0. The van der Waals surface area contributed by atoms with E-state index < -0.39 is 13.8 Å². The molecule has 1 N–H and O–H groups in total. The van der Waals surface area contributed by atoms with Crippen molar-refractivity contribution in [1.82, 2.24) is 0 Å². The second-order valence-corrected chi connectivity index (χ2v) is 3.71. The van der Waals surface area contributed by atoms with E-state index in [9.17, 15) is 4.79 Å². The molecule has 0 unspecified atom stereocenters. The van der Waals surface area contributed by atoms with Crippen molar-refractivity contribution in [2.75, 3.05) is 0 Å². The number of carbonyl (C=O) groups is 1. The first kappa shape index (κ1) is 14.3. The van der Waals surface area contributed by atoms with E-state index in [0.717, 1.165) is 0 Å². The molecule has 0 amide bonds. The molecule has 0 fully saturated rings. The molecule has 0 heterocycles. The van der Waals surface area contributed by atoms with E-state index in [4.69, 9.17) is 24.4 Å². The van der Waals surface area contributed by atoms with Gasteiger partial charge < -0.3 is 19.2 Å². The van der Waals surface area contributed by atoms with Crippen molar-refractivity contribution in [3.05, 3.63) is 29.8 Å². The Morgan fingerprint density at radius 2 is 1.67 bits per heavy atom. The van der Waals surface area contributed by atoms with Gasteiger partial charge in [-0.15, -0.1) is 0 Å². The van der Waals surface area contributed by atoms with Crippen LogP contribution in [0.5, 0.6) is 0 Å². The summed E-state index contributed by atoms with van der Waals surface area (Å²) in [6, 6.07) is 6.64. The van der Waals surface area contributed by atoms with Crippen molar-refractivity contribution in [3.63, 3.8) is 0 Å². The minimum atomic E-state index is -5.39. The fourth-order valence-corrected chi connectivity index (χ4v) is 0.944. The van der Waals surface area contributed by atoms with Gasteiger partial charge in [-0.1, -0.05) is 0 Å². The van der Waals surface area contributed by atoms with Gasteiger partial charge in [-0.05, 0) is 0 Å². The molecule has 0 aliphatic carbocycles. The maximum atomic E-state index is 10.4. The van der Waals surface area contributed by atoms with E-state index >= 15 is 0 Å². The quantitative estimate of drug-likeness (QED) is 0.454. The van der Waals surface area contributed by atoms with Gasteiger partial charge >= 0.3 is 66.2 Å². The Hall–Kier alpha value is -0.681. The largest absolute Gasteiger partial charge is 0.822 e. The number of hydrogen-bond donors (Lipinski definition) is 1. The summed E-state index contributed by atoms with van der Waals surface area (Å²) in [6.07, 6.45) is 0. The van der Waals surface area contributed by atoms with Crippen LogP contribution in [0, 0.1) is 0 Å². The maximum absolute atomic E-state index is 10.4. The van der Waals surface area contributed by atoms with Gasteiger partial charge in [0.05, 0.1) is 0 Å². The first-order valence-corrected chi connectivity index (χ1v) is 5.42. The minimum Gasteiger partial charge on any atom is -0.822 e. The van der Waals surface area contributed by atoms with E-state index in [2.05, 4.69) is 16.0 Å². The predicted octanol–water partition coefficient (Wildman–Crippen LogP) is -2.27. The van der Waals surface area contributed by atoms with Crippen LogP contribution in [0.3, 0.4) is 0 Å². The van der Waals surface area contributed by atoms with Crippen LogP contribution in [-0.2, 0) is 20.6 Å². The normalized spacial score (nSPS) is 10.1. The molecular weight excluding hydrogens is 267 g/mol. The molecule has 0 aliphatic heterocycles. The van der Waals surface area contributed by atoms with Crippen LogP contribution in [-0.4, -0.2) is 11.1 Å². The molecule has 6 nitrogen and oxygen atoms in total. The van der Waals surface area contributed by atoms with Crippen LogP contribution in [0.4, 0.5) is 0 Å². The van der Waals surface area contributed by atoms with Gasteiger partial charge in [0, 0.05) is 0 Å². The zero-order valence-corrected chi connectivity index (χ0v) is 9.10. The van der Waals surface area contributed by atoms with Crippen LogP contribution in [0.1, 0.15) is 10.4 Å². The van der Waals surface area contributed by atoms with Crippen LogP contribution >= 0.6 is 7.82 Å². The summed E-state index contributed by atoms with van der Waals surface area (Å²) in [4.78, 5) is 36.0. The van der Waals surface area contributed by atoms with Crippen LogP contribution < -0.4 is 19.1 Å². The third-order valence-corrected chi connectivity index (χ3v) is 1.58. The summed E-state index contributed by atoms with van der Waals surface area (Å²) in [5.74, 6) is -0.925. The van der Waals surface area contributed by atoms with Crippen molar-refractivity contribution < 1.29 is 45.2 Å². The van der Waals surface area contributed by atoms with Gasteiger partial charge in [-0.3, -0.25) is 0 Å². The zero-order chi connectivity index (χ0) is 12.1. The van der Waals surface area contributed by atoms with E-state index in [1.807, 2.05) is 0 Å². The fourth-order valence-electron chi connectivity index (χ4n) is 0.628. The van der Waals surface area contributed by atoms with Gasteiger partial charge in [-0.25, -0.2) is 0 Å². The first-order chi connectivity index (χ1) is 6.72. The molecule has 0 aromatic heterocycles. The Morgan fingerprint density at radius 3 is 1.93 bits per heavy atom. The van der Waals surface area contributed by atoms with Crippen molar-refractivity contribution in [2.45, 2.75) is 0 Å². The molecule has 0 bridgehead atoms. The SMILES string of the molecule is O=C(O)c1cccc[c]1[Fe+3].O=P([O-])([O-])[O-]. The fraction of sp³-hybridized carbons (Fsp3) is 0. The van der Waals surface area contributed by atoms with Gasteiger partial charge in [0.15, 0.2) is 0 Å². The van der Waals surface area contributed by atoms with Crippen molar-refractivity contribution in [3.8, 4) is 0 Å². The molecule has 1 rings (SSSR count). The number of hydrogen-bond acceptors (Lipinski definition) is 5. The second-order valence-electron chi connectivity index (χ2n) is 2.22. The van der Waals surface area contributed by atoms with Crippen molar-refractivity contribution in [1.29, 1.82) is 0 Å². The van der Waals surface area contributed by atoms with E-state index in [-0.39, 0.29) is 5.56 Å². The van der Waals surface area contributed by atoms with Gasteiger partial charge in [-0.2, -0.15) is 7.82 Å². The van der Waals surface area contributed by atoms with Crippen molar-refractivity contribution >= 4 is 18.3 Å². The van der Waals surface area contributed by atoms with Gasteiger partial charge in [0.1, 0.15) is 0 Å². The van der Waals surface area contributed by atoms with Crippen LogP contribution in [0.25, 0.3) is 0 Å². The minimum absolute atomic E-state index is 0.266. The second kappa shape index (κ2) is 6.02. The van der Waals surface area contributed by atoms with E-state index in [0.29, 0.717) is 4.46 Å². The van der Waals surface area contributed by atoms with E-state index in [1.165, 1.54) is 6.07 Å². The van der Waals surface area contributed by atoms with Crippen molar-refractivity contribution in [2.24, 2.45) is 0 Å². The molecule has 82 valence electrons. The molecule has 0 saturated heterocycles. The third-order valence-electron chi connectivity index (χ3n) is 1.09. The predicted molar refractivity (Wildman–Crippen MR) is 40.6 cm³/mol. The van der Waals surface area contributed by atoms with E-state index in [1.54, 1.807) is 18.2 Å². The van der Waals surface area contributed by atoms with Gasteiger partial charge in [0.25, 0.3) is 0 Å². The number of phosphoric acid groups is 1. The Labute approximate surface area is 93.6 Å². The summed E-state index contributed by atoms with van der Waals surface area (Å²) >= 11 is 3.56. The van der Waals surface area contributed by atoms with Crippen LogP contribution in [0.15, 0.2) is 24.3 Å². The summed E-state index contributed by atoms with van der Waals surface area (Å²) in [7, 11) is -5.39. The molecule has 8 heteroatoms. The Bertz CT molecular complexity index is 379. The average molecular weight is 272 g/mol. The Morgan fingerprint density at radius 1 is 1.27 bits per heavy atom. The number of carboxylic acids is 1. The summed E-state index contributed by atoms with van der Waals surface area (Å²) in [5, 5.41) is 8.53. The standard InChI is InChI=1S/C7H5O2.Fe.H3O4P/c8-7(9)6-4-2-1-3-5-6;;1-5(2,3)4/h1-4H,(H,8,9);;(H3,1,2,3,4)/q;+3;/p-3. The average Bonchev–Trinajstić information content (AvgIpc) is 2.01. The monoisotopic (exact) mass is 272 g/mol. The molecule has 0 aliphatic rings. The Kier molecular flexibility index (Phi) is 5.75. The summed E-state index contributed by atoms with van der Waals surface area (Å²) < 4.78 is 9.10. The number of carboxylic acid groups (broad SMARTS) is 1. The number of benzene rings is 1. The molecule has 15 heavy (non-hydrogen) atoms. The molecule has 0 saturated carbocycles. The maximum Gasteiger partial charge on any atom is -0.159 e. The summed E-state index contributed by atoms with van der Waals surface area (Å²) in [5.41, 5.74) is 0.266. The molecule has 1 aromatic rings. The molecule has 1 aromatic carbocycles. The van der Waals surface area contributed by atoms with Gasteiger partial charge in [0.2, 0.25) is 0 Å². The molecule has 0 atom stereocenters. The first-order valence-electron chi connectivity index (χ1n) is 3.41. The third kappa shape index (κ3) is 8.32. The number of aromatic carboxylic acids is 1. The van der Waals surface area contributed by atoms with Crippen LogP contribution in [0.2, 0.25) is 0 Å². The zero-order valence-electron chi connectivity index (χ0n) is 7.10. The molecular formula is C7H5FeO6P. The molecule has 0 spiro atoms.